The average molecular weight is 311 g/mol. The summed E-state index contributed by atoms with van der Waals surface area (Å²) in [5.74, 6) is 0.686. The van der Waals surface area contributed by atoms with E-state index in [1.54, 1.807) is 18.2 Å². The molecule has 2 aromatic rings. The van der Waals surface area contributed by atoms with Crippen molar-refractivity contribution in [2.24, 2.45) is 0 Å². The Morgan fingerprint density at radius 1 is 1.13 bits per heavy atom. The molecule has 0 spiro atoms. The number of benzene rings is 2. The first-order chi connectivity index (χ1) is 11.2. The molecule has 118 valence electrons. The minimum absolute atomic E-state index is 0.0415. The van der Waals surface area contributed by atoms with Crippen LogP contribution in [0.1, 0.15) is 34.3 Å². The van der Waals surface area contributed by atoms with E-state index < -0.39 is 5.97 Å². The SMILES string of the molecule is O=C(O)c1cccc(CNC2(c3ccc4c(c3)OCO4)CC2)c1. The Labute approximate surface area is 133 Å². The molecule has 0 radical (unpaired) electrons. The molecule has 5 heteroatoms. The van der Waals surface area contributed by atoms with Crippen molar-refractivity contribution in [3.63, 3.8) is 0 Å². The topological polar surface area (TPSA) is 67.8 Å². The summed E-state index contributed by atoms with van der Waals surface area (Å²) in [6.07, 6.45) is 2.12. The molecule has 0 bridgehead atoms. The maximum Gasteiger partial charge on any atom is 0.335 e. The van der Waals surface area contributed by atoms with Crippen LogP contribution in [0.25, 0.3) is 0 Å². The van der Waals surface area contributed by atoms with Gasteiger partial charge >= 0.3 is 5.97 Å². The predicted molar refractivity (Wildman–Crippen MR) is 83.7 cm³/mol. The summed E-state index contributed by atoms with van der Waals surface area (Å²) in [5.41, 5.74) is 2.44. The van der Waals surface area contributed by atoms with Crippen LogP contribution in [0, 0.1) is 0 Å². The first kappa shape index (κ1) is 14.1. The lowest BCUT2D eigenvalue weighted by atomic mass is 10.0. The lowest BCUT2D eigenvalue weighted by Gasteiger charge is -2.18. The molecular formula is C18H17NO4. The van der Waals surface area contributed by atoms with Crippen molar-refractivity contribution in [2.75, 3.05) is 6.79 Å². The fourth-order valence-electron chi connectivity index (χ4n) is 2.97. The molecule has 0 unspecified atom stereocenters. The van der Waals surface area contributed by atoms with Gasteiger partial charge in [0.1, 0.15) is 0 Å². The van der Waals surface area contributed by atoms with E-state index in [1.807, 2.05) is 18.2 Å². The molecule has 2 aromatic carbocycles. The first-order valence-electron chi connectivity index (χ1n) is 7.64. The number of carboxylic acid groups (broad SMARTS) is 1. The summed E-state index contributed by atoms with van der Waals surface area (Å²) in [6.45, 7) is 0.913. The molecule has 0 amide bonds. The number of aromatic carboxylic acids is 1. The molecule has 1 aliphatic heterocycles. The molecule has 2 N–H and O–H groups in total. The second-order valence-electron chi connectivity index (χ2n) is 6.01. The monoisotopic (exact) mass is 311 g/mol. The van der Waals surface area contributed by atoms with E-state index in [0.717, 1.165) is 29.9 Å². The van der Waals surface area contributed by atoms with Crippen LogP contribution in [-0.4, -0.2) is 17.9 Å². The predicted octanol–water partition coefficient (Wildman–Crippen LogP) is 2.89. The van der Waals surface area contributed by atoms with Crippen molar-refractivity contribution in [3.05, 3.63) is 59.2 Å². The zero-order valence-corrected chi connectivity index (χ0v) is 12.5. The van der Waals surface area contributed by atoms with Crippen LogP contribution in [0.15, 0.2) is 42.5 Å². The molecule has 0 saturated heterocycles. The zero-order valence-electron chi connectivity index (χ0n) is 12.5. The second kappa shape index (κ2) is 5.28. The second-order valence-corrected chi connectivity index (χ2v) is 6.01. The normalized spacial score (nSPS) is 17.0. The highest BCUT2D eigenvalue weighted by Crippen LogP contribution is 2.48. The van der Waals surface area contributed by atoms with Crippen LogP contribution >= 0.6 is 0 Å². The number of carboxylic acids is 1. The molecule has 1 aliphatic carbocycles. The molecule has 23 heavy (non-hydrogen) atoms. The minimum Gasteiger partial charge on any atom is -0.478 e. The fraction of sp³-hybridized carbons (Fsp3) is 0.278. The molecule has 1 fully saturated rings. The Morgan fingerprint density at radius 3 is 2.74 bits per heavy atom. The van der Waals surface area contributed by atoms with Crippen LogP contribution in [-0.2, 0) is 12.1 Å². The van der Waals surface area contributed by atoms with Gasteiger partial charge in [-0.15, -0.1) is 0 Å². The molecule has 4 rings (SSSR count). The van der Waals surface area contributed by atoms with Gasteiger partial charge in [-0.1, -0.05) is 18.2 Å². The number of rotatable bonds is 5. The summed E-state index contributed by atoms with van der Waals surface area (Å²) < 4.78 is 10.8. The van der Waals surface area contributed by atoms with Gasteiger partial charge < -0.3 is 19.9 Å². The standard InChI is InChI=1S/C18H17NO4/c20-17(21)13-3-1-2-12(8-13)10-19-18(6-7-18)14-4-5-15-16(9-14)23-11-22-15/h1-5,8-9,19H,6-7,10-11H2,(H,20,21). The van der Waals surface area contributed by atoms with Crippen LogP contribution in [0.3, 0.4) is 0 Å². The molecule has 1 heterocycles. The lowest BCUT2D eigenvalue weighted by molar-refractivity contribution is 0.0696. The lowest BCUT2D eigenvalue weighted by Crippen LogP contribution is -2.28. The van der Waals surface area contributed by atoms with Gasteiger partial charge in [0, 0.05) is 12.1 Å². The maximum atomic E-state index is 11.1. The summed E-state index contributed by atoms with van der Waals surface area (Å²) in [6, 6.07) is 13.1. The third kappa shape index (κ3) is 2.64. The van der Waals surface area contributed by atoms with E-state index >= 15 is 0 Å². The Kier molecular flexibility index (Phi) is 3.23. The molecule has 5 nitrogen and oxygen atoms in total. The first-order valence-corrected chi connectivity index (χ1v) is 7.64. The van der Waals surface area contributed by atoms with Gasteiger partial charge in [0.15, 0.2) is 11.5 Å². The maximum absolute atomic E-state index is 11.1. The quantitative estimate of drug-likeness (QED) is 0.888. The number of nitrogens with one attached hydrogen (secondary N) is 1. The van der Waals surface area contributed by atoms with Crippen molar-refractivity contribution in [1.29, 1.82) is 0 Å². The highest BCUT2D eigenvalue weighted by Gasteiger charge is 2.44. The third-order valence-corrected chi connectivity index (χ3v) is 4.48. The van der Waals surface area contributed by atoms with E-state index in [4.69, 9.17) is 14.6 Å². The van der Waals surface area contributed by atoms with Gasteiger partial charge in [0.25, 0.3) is 0 Å². The van der Waals surface area contributed by atoms with E-state index in [1.165, 1.54) is 5.56 Å². The van der Waals surface area contributed by atoms with Crippen molar-refractivity contribution < 1.29 is 19.4 Å². The number of ether oxygens (including phenoxy) is 2. The molecule has 0 atom stereocenters. The largest absolute Gasteiger partial charge is 0.478 e. The van der Waals surface area contributed by atoms with Crippen LogP contribution < -0.4 is 14.8 Å². The molecule has 2 aliphatic rings. The number of hydrogen-bond acceptors (Lipinski definition) is 4. The highest BCUT2D eigenvalue weighted by molar-refractivity contribution is 5.87. The van der Waals surface area contributed by atoms with Gasteiger partial charge in [-0.05, 0) is 48.2 Å². The fourth-order valence-corrected chi connectivity index (χ4v) is 2.97. The Balaban J connectivity index is 1.50. The number of carbonyl (C=O) groups is 1. The Hall–Kier alpha value is -2.53. The number of hydrogen-bond donors (Lipinski definition) is 2. The van der Waals surface area contributed by atoms with Gasteiger partial charge in [-0.2, -0.15) is 0 Å². The van der Waals surface area contributed by atoms with E-state index in [-0.39, 0.29) is 12.3 Å². The van der Waals surface area contributed by atoms with Crippen molar-refractivity contribution >= 4 is 5.97 Å². The van der Waals surface area contributed by atoms with E-state index in [9.17, 15) is 4.79 Å². The van der Waals surface area contributed by atoms with Crippen molar-refractivity contribution in [3.8, 4) is 11.5 Å². The summed E-state index contributed by atoms with van der Waals surface area (Å²) in [7, 11) is 0. The Morgan fingerprint density at radius 2 is 1.96 bits per heavy atom. The molecular weight excluding hydrogens is 294 g/mol. The Bertz CT molecular complexity index is 767. The van der Waals surface area contributed by atoms with Gasteiger partial charge in [-0.3, -0.25) is 0 Å². The molecule has 0 aromatic heterocycles. The zero-order chi connectivity index (χ0) is 15.9. The van der Waals surface area contributed by atoms with Crippen molar-refractivity contribution in [1.82, 2.24) is 5.32 Å². The number of fused-ring (bicyclic) bond motifs is 1. The summed E-state index contributed by atoms with van der Waals surface area (Å²) in [4.78, 5) is 11.1. The van der Waals surface area contributed by atoms with Gasteiger partial charge in [-0.25, -0.2) is 4.79 Å². The summed E-state index contributed by atoms with van der Waals surface area (Å²) >= 11 is 0. The van der Waals surface area contributed by atoms with Gasteiger partial charge in [0.05, 0.1) is 5.56 Å². The van der Waals surface area contributed by atoms with Crippen LogP contribution in [0.5, 0.6) is 11.5 Å². The van der Waals surface area contributed by atoms with E-state index in [2.05, 4.69) is 11.4 Å². The van der Waals surface area contributed by atoms with Crippen LogP contribution in [0.4, 0.5) is 0 Å². The van der Waals surface area contributed by atoms with E-state index in [0.29, 0.717) is 12.1 Å². The van der Waals surface area contributed by atoms with Gasteiger partial charge in [0.2, 0.25) is 6.79 Å². The van der Waals surface area contributed by atoms with Crippen molar-refractivity contribution in [2.45, 2.75) is 24.9 Å². The molecule has 1 saturated carbocycles. The smallest absolute Gasteiger partial charge is 0.335 e. The highest BCUT2D eigenvalue weighted by atomic mass is 16.7. The third-order valence-electron chi connectivity index (χ3n) is 4.48. The summed E-state index contributed by atoms with van der Waals surface area (Å²) in [5, 5.41) is 12.6. The minimum atomic E-state index is -0.899. The van der Waals surface area contributed by atoms with Crippen LogP contribution in [0.2, 0.25) is 0 Å². The average Bonchev–Trinajstić information content (AvgIpc) is 3.22.